The number of rotatable bonds is 1. The molecule has 0 atom stereocenters. The van der Waals surface area contributed by atoms with Crippen molar-refractivity contribution in [2.24, 2.45) is 16.1 Å². The van der Waals surface area contributed by atoms with Crippen molar-refractivity contribution in [3.63, 3.8) is 0 Å². The molecule has 1 rings (SSSR count). The molecule has 0 aliphatic carbocycles. The summed E-state index contributed by atoms with van der Waals surface area (Å²) in [6, 6.07) is 5.65. The summed E-state index contributed by atoms with van der Waals surface area (Å²) < 4.78 is 0. The van der Waals surface area contributed by atoms with Gasteiger partial charge in [0.05, 0.1) is 5.69 Å². The highest BCUT2D eigenvalue weighted by Gasteiger charge is 2.15. The zero-order chi connectivity index (χ0) is 11.6. The summed E-state index contributed by atoms with van der Waals surface area (Å²) in [7, 11) is 0. The third-order valence-electron chi connectivity index (χ3n) is 2.25. The van der Waals surface area contributed by atoms with E-state index in [1.54, 1.807) is 0 Å². The molecule has 0 aliphatic rings. The molecule has 0 saturated heterocycles. The number of nitrogens with two attached hydrogens (primary N) is 1. The molecule has 0 aliphatic heterocycles. The van der Waals surface area contributed by atoms with Crippen LogP contribution in [0, 0.1) is 12.3 Å². The number of hydrogen-bond donors (Lipinski definition) is 1. The van der Waals surface area contributed by atoms with Crippen LogP contribution in [-0.2, 0) is 0 Å². The largest absolute Gasteiger partial charge is 0.387 e. The first kappa shape index (κ1) is 12.1. The molecule has 82 valence electrons. The van der Waals surface area contributed by atoms with Crippen LogP contribution in [0.1, 0.15) is 26.3 Å². The highest BCUT2D eigenvalue weighted by atomic mass is 35.5. The van der Waals surface area contributed by atoms with E-state index in [-0.39, 0.29) is 5.41 Å². The van der Waals surface area contributed by atoms with Crippen molar-refractivity contribution in [2.75, 3.05) is 0 Å². The van der Waals surface area contributed by atoms with Gasteiger partial charge in [0.2, 0.25) is 0 Å². The van der Waals surface area contributed by atoms with Gasteiger partial charge in [-0.3, -0.25) is 0 Å². The summed E-state index contributed by atoms with van der Waals surface area (Å²) in [5, 5.41) is 0.720. The van der Waals surface area contributed by atoms with Gasteiger partial charge in [0.15, 0.2) is 0 Å². The Labute approximate surface area is 96.2 Å². The van der Waals surface area contributed by atoms with Crippen LogP contribution in [0.2, 0.25) is 5.02 Å². The average molecular weight is 225 g/mol. The average Bonchev–Trinajstić information content (AvgIpc) is 2.11. The molecule has 0 unspecified atom stereocenters. The van der Waals surface area contributed by atoms with Gasteiger partial charge in [-0.15, -0.1) is 0 Å². The molecule has 0 amide bonds. The van der Waals surface area contributed by atoms with Gasteiger partial charge in [0, 0.05) is 10.4 Å². The molecule has 0 spiro atoms. The van der Waals surface area contributed by atoms with Crippen LogP contribution in [0.3, 0.4) is 0 Å². The van der Waals surface area contributed by atoms with Gasteiger partial charge >= 0.3 is 0 Å². The molecule has 3 heteroatoms. The predicted octanol–water partition coefficient (Wildman–Crippen LogP) is 3.68. The van der Waals surface area contributed by atoms with E-state index in [2.05, 4.69) is 4.99 Å². The minimum atomic E-state index is -0.116. The minimum Gasteiger partial charge on any atom is -0.387 e. The van der Waals surface area contributed by atoms with Crippen molar-refractivity contribution >= 4 is 23.1 Å². The van der Waals surface area contributed by atoms with E-state index in [9.17, 15) is 0 Å². The second-order valence-electron chi connectivity index (χ2n) is 4.63. The molecule has 2 N–H and O–H groups in total. The van der Waals surface area contributed by atoms with Crippen LogP contribution in [-0.4, -0.2) is 5.84 Å². The number of amidine groups is 1. The van der Waals surface area contributed by atoms with E-state index in [1.165, 1.54) is 0 Å². The van der Waals surface area contributed by atoms with E-state index in [0.29, 0.717) is 5.84 Å². The van der Waals surface area contributed by atoms with Crippen LogP contribution >= 0.6 is 11.6 Å². The van der Waals surface area contributed by atoms with Gasteiger partial charge in [-0.05, 0) is 24.6 Å². The zero-order valence-corrected chi connectivity index (χ0v) is 10.4. The van der Waals surface area contributed by atoms with Gasteiger partial charge in [-0.1, -0.05) is 38.4 Å². The zero-order valence-electron chi connectivity index (χ0n) is 9.63. The van der Waals surface area contributed by atoms with Crippen LogP contribution in [0.25, 0.3) is 0 Å². The van der Waals surface area contributed by atoms with Crippen LogP contribution in [0.4, 0.5) is 5.69 Å². The summed E-state index contributed by atoms with van der Waals surface area (Å²) in [4.78, 5) is 4.40. The number of hydrogen-bond acceptors (Lipinski definition) is 1. The van der Waals surface area contributed by atoms with Crippen molar-refractivity contribution in [1.29, 1.82) is 0 Å². The predicted molar refractivity (Wildman–Crippen MR) is 66.9 cm³/mol. The molecular weight excluding hydrogens is 208 g/mol. The number of aliphatic imine (C=N–C) groups is 1. The first-order valence-electron chi connectivity index (χ1n) is 4.92. The fourth-order valence-electron chi connectivity index (χ4n) is 1.01. The Morgan fingerprint density at radius 1 is 1.33 bits per heavy atom. The van der Waals surface area contributed by atoms with Crippen molar-refractivity contribution in [3.8, 4) is 0 Å². The van der Waals surface area contributed by atoms with Crippen LogP contribution in [0.15, 0.2) is 23.2 Å². The summed E-state index contributed by atoms with van der Waals surface area (Å²) in [5.41, 5.74) is 7.60. The summed E-state index contributed by atoms with van der Waals surface area (Å²) >= 11 is 6.00. The van der Waals surface area contributed by atoms with Crippen molar-refractivity contribution in [1.82, 2.24) is 0 Å². The molecule has 15 heavy (non-hydrogen) atoms. The highest BCUT2D eigenvalue weighted by Crippen LogP contribution is 2.27. The maximum atomic E-state index is 6.00. The highest BCUT2D eigenvalue weighted by molar-refractivity contribution is 6.31. The van der Waals surface area contributed by atoms with Crippen LogP contribution in [0.5, 0.6) is 0 Å². The van der Waals surface area contributed by atoms with Gasteiger partial charge in [-0.25, -0.2) is 4.99 Å². The Morgan fingerprint density at radius 2 is 1.93 bits per heavy atom. The van der Waals surface area contributed by atoms with E-state index in [4.69, 9.17) is 17.3 Å². The molecule has 0 fully saturated rings. The summed E-state index contributed by atoms with van der Waals surface area (Å²) in [6.45, 7) is 8.04. The number of nitrogens with zero attached hydrogens (tertiary/aromatic N) is 1. The Hall–Kier alpha value is -1.02. The van der Waals surface area contributed by atoms with Gasteiger partial charge < -0.3 is 5.73 Å². The quantitative estimate of drug-likeness (QED) is 0.574. The minimum absolute atomic E-state index is 0.116. The Bertz CT molecular complexity index is 389. The Balaban J connectivity index is 3.15. The lowest BCUT2D eigenvalue weighted by Crippen LogP contribution is -2.28. The standard InChI is InChI=1S/C12H17ClN2/c1-8-9(13)6-5-7-10(8)15-11(14)12(2,3)4/h5-7H,1-4H3,(H2,14,15). The third-order valence-corrected chi connectivity index (χ3v) is 2.66. The van der Waals surface area contributed by atoms with Crippen molar-refractivity contribution in [2.45, 2.75) is 27.7 Å². The molecule has 0 radical (unpaired) electrons. The summed E-state index contributed by atoms with van der Waals surface area (Å²) in [6.07, 6.45) is 0. The molecule has 0 heterocycles. The third kappa shape index (κ3) is 2.96. The van der Waals surface area contributed by atoms with E-state index in [0.717, 1.165) is 16.3 Å². The first-order chi connectivity index (χ1) is 6.82. The van der Waals surface area contributed by atoms with Crippen molar-refractivity contribution < 1.29 is 0 Å². The normalized spacial score (nSPS) is 13.0. The lowest BCUT2D eigenvalue weighted by Gasteiger charge is -2.17. The van der Waals surface area contributed by atoms with E-state index in [1.807, 2.05) is 45.9 Å². The smallest absolute Gasteiger partial charge is 0.105 e. The molecule has 1 aromatic rings. The van der Waals surface area contributed by atoms with E-state index < -0.39 is 0 Å². The topological polar surface area (TPSA) is 38.4 Å². The molecule has 0 aromatic heterocycles. The van der Waals surface area contributed by atoms with Crippen LogP contribution < -0.4 is 5.73 Å². The Kier molecular flexibility index (Phi) is 3.40. The molecule has 0 saturated carbocycles. The van der Waals surface area contributed by atoms with Gasteiger partial charge in [0.25, 0.3) is 0 Å². The fraction of sp³-hybridized carbons (Fsp3) is 0.417. The SMILES string of the molecule is Cc1c(Cl)cccc1N=C(N)C(C)(C)C. The molecular formula is C12H17ClN2. The first-order valence-corrected chi connectivity index (χ1v) is 5.30. The van der Waals surface area contributed by atoms with Crippen molar-refractivity contribution in [3.05, 3.63) is 28.8 Å². The Morgan fingerprint density at radius 3 is 2.47 bits per heavy atom. The number of benzene rings is 1. The molecule has 0 bridgehead atoms. The lowest BCUT2D eigenvalue weighted by atomic mass is 9.95. The summed E-state index contributed by atoms with van der Waals surface area (Å²) in [5.74, 6) is 0.618. The molecule has 2 nitrogen and oxygen atoms in total. The number of halogens is 1. The monoisotopic (exact) mass is 224 g/mol. The second-order valence-corrected chi connectivity index (χ2v) is 5.04. The van der Waals surface area contributed by atoms with Gasteiger partial charge in [-0.2, -0.15) is 0 Å². The maximum absolute atomic E-state index is 6.00. The lowest BCUT2D eigenvalue weighted by molar-refractivity contribution is 0.585. The van der Waals surface area contributed by atoms with Gasteiger partial charge in [0.1, 0.15) is 5.84 Å². The maximum Gasteiger partial charge on any atom is 0.105 e. The van der Waals surface area contributed by atoms with E-state index >= 15 is 0 Å². The second kappa shape index (κ2) is 4.23. The fourth-order valence-corrected chi connectivity index (χ4v) is 1.18. The molecule has 1 aromatic carbocycles.